The summed E-state index contributed by atoms with van der Waals surface area (Å²) in [5, 5.41) is 3.12. The van der Waals surface area contributed by atoms with Crippen LogP contribution in [0.5, 0.6) is 0 Å². The number of aromatic nitrogens is 1. The van der Waals surface area contributed by atoms with Crippen LogP contribution in [0.25, 0.3) is 0 Å². The van der Waals surface area contributed by atoms with Gasteiger partial charge in [0.1, 0.15) is 0 Å². The number of thioether (sulfide) groups is 1. The molecule has 1 N–H and O–H groups in total. The molecule has 3 rings (SSSR count). The maximum atomic E-state index is 12.3. The fraction of sp³-hybridized carbons (Fsp3) is 0.625. The zero-order chi connectivity index (χ0) is 15.4. The number of nitrogens with zero attached hydrogens (tertiary/aromatic N) is 2. The number of hydrogen-bond donors (Lipinski definition) is 1. The van der Waals surface area contributed by atoms with E-state index in [0.717, 1.165) is 44.2 Å². The molecule has 6 heteroatoms. The largest absolute Gasteiger partial charge is 0.379 e. The summed E-state index contributed by atoms with van der Waals surface area (Å²) in [5.41, 5.74) is 1.64. The van der Waals surface area contributed by atoms with Gasteiger partial charge in [-0.2, -0.15) is 11.8 Å². The predicted molar refractivity (Wildman–Crippen MR) is 88.4 cm³/mol. The van der Waals surface area contributed by atoms with Gasteiger partial charge in [-0.1, -0.05) is 0 Å². The molecule has 0 bridgehead atoms. The second-order valence-corrected chi connectivity index (χ2v) is 7.10. The maximum absolute atomic E-state index is 12.3. The highest BCUT2D eigenvalue weighted by molar-refractivity contribution is 7.99. The van der Waals surface area contributed by atoms with Gasteiger partial charge in [0.05, 0.1) is 18.8 Å². The van der Waals surface area contributed by atoms with E-state index in [9.17, 15) is 4.79 Å². The first-order valence-electron chi connectivity index (χ1n) is 7.81. The standard InChI is InChI=1S/C16H23N3O2S/c1-13-2-3-14(10-17-13)15(20)18-11-16(4-9-22-12-16)19-5-7-21-8-6-19/h2-3,10H,4-9,11-12H2,1H3,(H,18,20)/t16-/m0/s1. The summed E-state index contributed by atoms with van der Waals surface area (Å²) in [4.78, 5) is 19.0. The van der Waals surface area contributed by atoms with Crippen molar-refractivity contribution in [2.75, 3.05) is 44.4 Å². The van der Waals surface area contributed by atoms with Crippen LogP contribution in [0.2, 0.25) is 0 Å². The number of amides is 1. The van der Waals surface area contributed by atoms with Gasteiger partial charge >= 0.3 is 0 Å². The highest BCUT2D eigenvalue weighted by Gasteiger charge is 2.40. The molecule has 1 aromatic rings. The van der Waals surface area contributed by atoms with Crippen LogP contribution < -0.4 is 5.32 Å². The van der Waals surface area contributed by atoms with E-state index in [2.05, 4.69) is 15.2 Å². The lowest BCUT2D eigenvalue weighted by atomic mass is 9.95. The Morgan fingerprint density at radius 1 is 1.45 bits per heavy atom. The predicted octanol–water partition coefficient (Wildman–Crippen LogP) is 1.33. The Labute approximate surface area is 135 Å². The molecule has 0 aromatic carbocycles. The molecule has 22 heavy (non-hydrogen) atoms. The molecule has 2 fully saturated rings. The van der Waals surface area contributed by atoms with Crippen LogP contribution in [-0.4, -0.2) is 65.7 Å². The van der Waals surface area contributed by atoms with Gasteiger partial charge in [0, 0.05) is 42.8 Å². The van der Waals surface area contributed by atoms with Crippen LogP contribution in [0, 0.1) is 6.92 Å². The summed E-state index contributed by atoms with van der Waals surface area (Å²) in [5.74, 6) is 2.22. The molecule has 0 saturated carbocycles. The van der Waals surface area contributed by atoms with Crippen LogP contribution in [-0.2, 0) is 4.74 Å². The van der Waals surface area contributed by atoms with Crippen molar-refractivity contribution in [2.24, 2.45) is 0 Å². The lowest BCUT2D eigenvalue weighted by molar-refractivity contribution is -0.0129. The minimum Gasteiger partial charge on any atom is -0.379 e. The van der Waals surface area contributed by atoms with Gasteiger partial charge in [0.15, 0.2) is 0 Å². The van der Waals surface area contributed by atoms with E-state index in [1.54, 1.807) is 6.20 Å². The fourth-order valence-electron chi connectivity index (χ4n) is 3.08. The number of pyridine rings is 1. The first kappa shape index (κ1) is 15.8. The zero-order valence-corrected chi connectivity index (χ0v) is 13.8. The van der Waals surface area contributed by atoms with Gasteiger partial charge < -0.3 is 10.1 Å². The Kier molecular flexibility index (Phi) is 5.00. The molecule has 1 amide bonds. The molecular formula is C16H23N3O2S. The molecular weight excluding hydrogens is 298 g/mol. The van der Waals surface area contributed by atoms with Crippen LogP contribution in [0.15, 0.2) is 18.3 Å². The van der Waals surface area contributed by atoms with Crippen LogP contribution in [0.3, 0.4) is 0 Å². The summed E-state index contributed by atoms with van der Waals surface area (Å²) in [7, 11) is 0. The van der Waals surface area contributed by atoms with Crippen molar-refractivity contribution in [3.05, 3.63) is 29.6 Å². The van der Waals surface area contributed by atoms with Gasteiger partial charge in [-0.15, -0.1) is 0 Å². The lowest BCUT2D eigenvalue weighted by Gasteiger charge is -2.43. The fourth-order valence-corrected chi connectivity index (χ4v) is 4.56. The number of aryl methyl sites for hydroxylation is 1. The molecule has 3 heterocycles. The van der Waals surface area contributed by atoms with E-state index in [1.165, 1.54) is 5.75 Å². The molecule has 0 aliphatic carbocycles. The third-order valence-corrected chi connectivity index (χ3v) is 5.75. The normalized spacial score (nSPS) is 26.0. The SMILES string of the molecule is Cc1ccc(C(=O)NC[C@@]2(N3CCOCC3)CCSC2)cn1. The van der Waals surface area contributed by atoms with Crippen LogP contribution in [0.1, 0.15) is 22.5 Å². The second kappa shape index (κ2) is 6.98. The molecule has 0 radical (unpaired) electrons. The van der Waals surface area contributed by atoms with Gasteiger partial charge in [0.25, 0.3) is 5.91 Å². The molecule has 1 aromatic heterocycles. The van der Waals surface area contributed by atoms with E-state index in [-0.39, 0.29) is 11.4 Å². The summed E-state index contributed by atoms with van der Waals surface area (Å²) < 4.78 is 5.47. The number of carbonyl (C=O) groups excluding carboxylic acids is 1. The molecule has 120 valence electrons. The molecule has 0 spiro atoms. The average Bonchev–Trinajstić information content (AvgIpc) is 3.04. The van der Waals surface area contributed by atoms with Crippen molar-refractivity contribution in [1.82, 2.24) is 15.2 Å². The van der Waals surface area contributed by atoms with Gasteiger partial charge in [0.2, 0.25) is 0 Å². The Balaban J connectivity index is 1.64. The lowest BCUT2D eigenvalue weighted by Crippen LogP contribution is -2.59. The highest BCUT2D eigenvalue weighted by Crippen LogP contribution is 2.33. The van der Waals surface area contributed by atoms with Gasteiger partial charge in [-0.05, 0) is 31.2 Å². The van der Waals surface area contributed by atoms with E-state index < -0.39 is 0 Å². The van der Waals surface area contributed by atoms with Crippen molar-refractivity contribution < 1.29 is 9.53 Å². The van der Waals surface area contributed by atoms with Crippen molar-refractivity contribution in [3.8, 4) is 0 Å². The number of hydrogen-bond acceptors (Lipinski definition) is 5. The van der Waals surface area contributed by atoms with Gasteiger partial charge in [-0.3, -0.25) is 14.7 Å². The Morgan fingerprint density at radius 3 is 2.91 bits per heavy atom. The number of rotatable bonds is 4. The third-order valence-electron chi connectivity index (χ3n) is 4.52. The first-order chi connectivity index (χ1) is 10.7. The number of carbonyl (C=O) groups is 1. The Bertz CT molecular complexity index is 509. The van der Waals surface area contributed by atoms with E-state index >= 15 is 0 Å². The Morgan fingerprint density at radius 2 is 2.27 bits per heavy atom. The van der Waals surface area contributed by atoms with E-state index in [4.69, 9.17) is 4.74 Å². The molecule has 0 unspecified atom stereocenters. The monoisotopic (exact) mass is 321 g/mol. The molecule has 2 aliphatic heterocycles. The Hall–Kier alpha value is -1.11. The average molecular weight is 321 g/mol. The zero-order valence-electron chi connectivity index (χ0n) is 13.0. The minimum atomic E-state index is -0.0305. The van der Waals surface area contributed by atoms with E-state index in [1.807, 2.05) is 30.8 Å². The summed E-state index contributed by atoms with van der Waals surface area (Å²) >= 11 is 1.98. The van der Waals surface area contributed by atoms with Crippen molar-refractivity contribution in [2.45, 2.75) is 18.9 Å². The van der Waals surface area contributed by atoms with Crippen molar-refractivity contribution in [3.63, 3.8) is 0 Å². The molecule has 2 saturated heterocycles. The third kappa shape index (κ3) is 3.45. The summed E-state index contributed by atoms with van der Waals surface area (Å²) in [6.07, 6.45) is 2.78. The first-order valence-corrected chi connectivity index (χ1v) is 8.96. The van der Waals surface area contributed by atoms with Crippen molar-refractivity contribution >= 4 is 17.7 Å². The molecule has 2 aliphatic rings. The van der Waals surface area contributed by atoms with E-state index in [0.29, 0.717) is 12.1 Å². The topological polar surface area (TPSA) is 54.5 Å². The molecule has 1 atom stereocenters. The number of nitrogens with one attached hydrogen (secondary N) is 1. The van der Waals surface area contributed by atoms with Gasteiger partial charge in [-0.25, -0.2) is 0 Å². The maximum Gasteiger partial charge on any atom is 0.252 e. The quantitative estimate of drug-likeness (QED) is 0.907. The smallest absolute Gasteiger partial charge is 0.252 e. The van der Waals surface area contributed by atoms with Crippen molar-refractivity contribution in [1.29, 1.82) is 0 Å². The minimum absolute atomic E-state index is 0.0305. The van der Waals surface area contributed by atoms with Crippen LogP contribution in [0.4, 0.5) is 0 Å². The number of morpholine rings is 1. The molecule has 5 nitrogen and oxygen atoms in total. The highest BCUT2D eigenvalue weighted by atomic mass is 32.2. The summed E-state index contributed by atoms with van der Waals surface area (Å²) in [6, 6.07) is 3.71. The number of ether oxygens (including phenoxy) is 1. The second-order valence-electron chi connectivity index (χ2n) is 6.00. The van der Waals surface area contributed by atoms with Crippen LogP contribution >= 0.6 is 11.8 Å². The summed E-state index contributed by atoms with van der Waals surface area (Å²) in [6.45, 7) is 6.13.